The van der Waals surface area contributed by atoms with Gasteiger partial charge in [-0.05, 0) is 19.8 Å². The van der Waals surface area contributed by atoms with Crippen LogP contribution in [-0.2, 0) is 0 Å². The number of quaternary nitrogens is 1. The molecule has 14 heavy (non-hydrogen) atoms. The van der Waals surface area contributed by atoms with Crippen molar-refractivity contribution in [2.45, 2.75) is 64.8 Å². The van der Waals surface area contributed by atoms with Crippen molar-refractivity contribution in [2.75, 3.05) is 13.1 Å². The number of hydrogen-bond acceptors (Lipinski definition) is 0. The molecule has 2 unspecified atom stereocenters. The monoisotopic (exact) mass is 203 g/mol. The van der Waals surface area contributed by atoms with Crippen LogP contribution in [0.25, 0.3) is 0 Å². The number of halogens is 1. The topological polar surface area (TPSA) is 4.44 Å². The molecule has 0 aromatic rings. The minimum Gasteiger partial charge on any atom is -1.00 e. The fraction of sp³-hybridized carbons (Fsp3) is 1.00. The number of hydrogen-bond donors (Lipinski definition) is 1. The van der Waals surface area contributed by atoms with E-state index in [2.05, 4.69) is 13.8 Å². The Bertz CT molecular complexity index is 127. The van der Waals surface area contributed by atoms with Crippen molar-refractivity contribution < 1.29 is 9.60 Å². The van der Waals surface area contributed by atoms with Gasteiger partial charge in [0.1, 0.15) is 0 Å². The second kappa shape index (κ2) is 8.22. The van der Waals surface area contributed by atoms with Gasteiger partial charge in [0.25, 0.3) is 0 Å². The molecule has 1 heterocycles. The third-order valence-electron chi connectivity index (χ3n) is 3.43. The largest absolute Gasteiger partial charge is 1.00 e. The Morgan fingerprint density at radius 3 is 2.43 bits per heavy atom. The van der Waals surface area contributed by atoms with Gasteiger partial charge in [-0.1, -0.05) is 26.2 Å². The van der Waals surface area contributed by atoms with Crippen molar-refractivity contribution in [1.82, 2.24) is 0 Å². The van der Waals surface area contributed by atoms with Crippen molar-refractivity contribution >= 4 is 0 Å². The highest BCUT2D eigenvalue weighted by Gasteiger charge is 2.22. The molecular formula is C12H26FN. The molecule has 0 aliphatic carbocycles. The summed E-state index contributed by atoms with van der Waals surface area (Å²) in [5, 5.41) is 0. The second-order valence-electron chi connectivity index (χ2n) is 4.62. The molecule has 1 aliphatic rings. The van der Waals surface area contributed by atoms with Crippen LogP contribution in [0.3, 0.4) is 0 Å². The molecule has 1 nitrogen and oxygen atoms in total. The summed E-state index contributed by atoms with van der Waals surface area (Å²) in [5.41, 5.74) is 0. The van der Waals surface area contributed by atoms with Gasteiger partial charge in [0.05, 0.1) is 19.1 Å². The van der Waals surface area contributed by atoms with Gasteiger partial charge in [-0.15, -0.1) is 0 Å². The van der Waals surface area contributed by atoms with E-state index in [1.54, 1.807) is 0 Å². The van der Waals surface area contributed by atoms with Crippen LogP contribution in [0, 0.1) is 0 Å². The molecule has 0 amide bonds. The highest BCUT2D eigenvalue weighted by molar-refractivity contribution is 4.56. The van der Waals surface area contributed by atoms with Gasteiger partial charge in [-0.25, -0.2) is 0 Å². The first-order chi connectivity index (χ1) is 6.34. The van der Waals surface area contributed by atoms with E-state index in [-0.39, 0.29) is 4.70 Å². The van der Waals surface area contributed by atoms with E-state index in [9.17, 15) is 0 Å². The molecule has 2 atom stereocenters. The molecule has 0 bridgehead atoms. The highest BCUT2D eigenvalue weighted by Crippen LogP contribution is 2.02. The lowest BCUT2D eigenvalue weighted by Crippen LogP contribution is -3.13. The van der Waals surface area contributed by atoms with Crippen molar-refractivity contribution in [3.63, 3.8) is 0 Å². The minimum absolute atomic E-state index is 0. The van der Waals surface area contributed by atoms with Crippen LogP contribution in [0.2, 0.25) is 0 Å². The third-order valence-corrected chi connectivity index (χ3v) is 3.43. The SMILES string of the molecule is CCCCCCC[NH+]1CCCC1C.[F-]. The molecule has 0 aromatic heterocycles. The smallest absolute Gasteiger partial charge is 0.0848 e. The normalized spacial score (nSPS) is 26.1. The van der Waals surface area contributed by atoms with Crippen molar-refractivity contribution in [2.24, 2.45) is 0 Å². The van der Waals surface area contributed by atoms with E-state index in [1.807, 2.05) is 4.90 Å². The molecule has 1 N–H and O–H groups in total. The maximum absolute atomic E-state index is 2.41. The molecule has 1 rings (SSSR count). The van der Waals surface area contributed by atoms with Gasteiger partial charge < -0.3 is 9.60 Å². The van der Waals surface area contributed by atoms with E-state index in [4.69, 9.17) is 0 Å². The summed E-state index contributed by atoms with van der Waals surface area (Å²) in [4.78, 5) is 1.87. The Hall–Kier alpha value is -0.110. The summed E-state index contributed by atoms with van der Waals surface area (Å²) in [6, 6.07) is 0.950. The van der Waals surface area contributed by atoms with Gasteiger partial charge >= 0.3 is 0 Å². The number of nitrogens with one attached hydrogen (secondary N) is 1. The van der Waals surface area contributed by atoms with Crippen molar-refractivity contribution in [1.29, 1.82) is 0 Å². The van der Waals surface area contributed by atoms with Crippen LogP contribution in [0.1, 0.15) is 58.8 Å². The predicted octanol–water partition coefficient (Wildman–Crippen LogP) is -0.972. The molecule has 0 saturated carbocycles. The van der Waals surface area contributed by atoms with Crippen molar-refractivity contribution in [3.8, 4) is 0 Å². The fourth-order valence-corrected chi connectivity index (χ4v) is 2.41. The zero-order valence-corrected chi connectivity index (χ0v) is 9.82. The molecule has 2 heteroatoms. The number of rotatable bonds is 6. The lowest BCUT2D eigenvalue weighted by Gasteiger charge is -2.17. The quantitative estimate of drug-likeness (QED) is 0.530. The van der Waals surface area contributed by atoms with Crippen LogP contribution in [-0.4, -0.2) is 19.1 Å². The molecule has 0 radical (unpaired) electrons. The van der Waals surface area contributed by atoms with Gasteiger partial charge in [0.15, 0.2) is 0 Å². The zero-order chi connectivity index (χ0) is 9.52. The van der Waals surface area contributed by atoms with Crippen molar-refractivity contribution in [3.05, 3.63) is 0 Å². The predicted molar refractivity (Wildman–Crippen MR) is 58.2 cm³/mol. The second-order valence-corrected chi connectivity index (χ2v) is 4.62. The van der Waals surface area contributed by atoms with Crippen LogP contribution in [0.15, 0.2) is 0 Å². The summed E-state index contributed by atoms with van der Waals surface area (Å²) in [6.07, 6.45) is 10.1. The number of likely N-dealkylation sites (tertiary alicyclic amines) is 1. The standard InChI is InChI=1S/C12H25N.FH/c1-3-4-5-6-7-10-13-11-8-9-12(13)2;/h12H,3-11H2,1-2H3;1H. The Kier molecular flexibility index (Phi) is 8.15. The zero-order valence-electron chi connectivity index (χ0n) is 9.82. The summed E-state index contributed by atoms with van der Waals surface area (Å²) >= 11 is 0. The molecule has 1 saturated heterocycles. The van der Waals surface area contributed by atoms with E-state index in [1.165, 1.54) is 58.0 Å². The fourth-order valence-electron chi connectivity index (χ4n) is 2.41. The van der Waals surface area contributed by atoms with E-state index in [0.29, 0.717) is 0 Å². The summed E-state index contributed by atoms with van der Waals surface area (Å²) in [7, 11) is 0. The Labute approximate surface area is 88.2 Å². The maximum atomic E-state index is 2.41. The Morgan fingerprint density at radius 2 is 1.86 bits per heavy atom. The Morgan fingerprint density at radius 1 is 1.14 bits per heavy atom. The molecule has 0 spiro atoms. The lowest BCUT2D eigenvalue weighted by atomic mass is 10.1. The first-order valence-corrected chi connectivity index (χ1v) is 6.19. The average Bonchev–Trinajstić information content (AvgIpc) is 2.52. The van der Waals surface area contributed by atoms with E-state index in [0.717, 1.165) is 6.04 Å². The van der Waals surface area contributed by atoms with Gasteiger partial charge in [0, 0.05) is 12.8 Å². The first-order valence-electron chi connectivity index (χ1n) is 6.19. The van der Waals surface area contributed by atoms with Gasteiger partial charge in [-0.3, -0.25) is 0 Å². The van der Waals surface area contributed by atoms with Gasteiger partial charge in [-0.2, -0.15) is 0 Å². The molecule has 86 valence electrons. The first kappa shape index (κ1) is 13.9. The summed E-state index contributed by atoms with van der Waals surface area (Å²) < 4.78 is 0. The summed E-state index contributed by atoms with van der Waals surface area (Å²) in [6.45, 7) is 7.57. The van der Waals surface area contributed by atoms with Gasteiger partial charge in [0.2, 0.25) is 0 Å². The molecular weight excluding hydrogens is 177 g/mol. The van der Waals surface area contributed by atoms with Crippen LogP contribution >= 0.6 is 0 Å². The van der Waals surface area contributed by atoms with Crippen LogP contribution < -0.4 is 9.60 Å². The van der Waals surface area contributed by atoms with E-state index >= 15 is 0 Å². The maximum Gasteiger partial charge on any atom is 0.0848 e. The molecule has 0 aromatic carbocycles. The number of unbranched alkanes of at least 4 members (excludes halogenated alkanes) is 4. The highest BCUT2D eigenvalue weighted by atomic mass is 19.0. The molecule has 1 fully saturated rings. The Balaban J connectivity index is 0.00000169. The third kappa shape index (κ3) is 4.94. The molecule has 1 aliphatic heterocycles. The minimum atomic E-state index is 0. The van der Waals surface area contributed by atoms with Crippen LogP contribution in [0.4, 0.5) is 0 Å². The average molecular weight is 203 g/mol. The van der Waals surface area contributed by atoms with E-state index < -0.39 is 0 Å². The lowest BCUT2D eigenvalue weighted by molar-refractivity contribution is -0.910. The van der Waals surface area contributed by atoms with Crippen LogP contribution in [0.5, 0.6) is 0 Å². The summed E-state index contributed by atoms with van der Waals surface area (Å²) in [5.74, 6) is 0.